The van der Waals surface area contributed by atoms with Gasteiger partial charge >= 0.3 is 0 Å². The fourth-order valence-corrected chi connectivity index (χ4v) is 2.27. The van der Waals surface area contributed by atoms with Gasteiger partial charge in [-0.1, -0.05) is 13.0 Å². The minimum Gasteiger partial charge on any atom is -0.383 e. The van der Waals surface area contributed by atoms with Crippen LogP contribution in [0.4, 0.5) is 10.1 Å². The Morgan fingerprint density at radius 2 is 1.80 bits per heavy atom. The number of hydrogen-bond donors (Lipinski definition) is 2. The molecular formula is C19H21FN2O3. The summed E-state index contributed by atoms with van der Waals surface area (Å²) in [5.74, 6) is -1.01. The number of nitrogens with one attached hydrogen (secondary N) is 2. The summed E-state index contributed by atoms with van der Waals surface area (Å²) in [5.41, 5.74) is 1.26. The highest BCUT2D eigenvalue weighted by Crippen LogP contribution is 2.13. The fourth-order valence-electron chi connectivity index (χ4n) is 2.27. The number of anilines is 1. The van der Waals surface area contributed by atoms with E-state index in [1.54, 1.807) is 31.4 Å². The van der Waals surface area contributed by atoms with Crippen molar-refractivity contribution in [3.05, 3.63) is 65.5 Å². The van der Waals surface area contributed by atoms with E-state index in [1.807, 2.05) is 6.92 Å². The molecule has 6 heteroatoms. The summed E-state index contributed by atoms with van der Waals surface area (Å²) in [5, 5.41) is 5.58. The normalized spacial score (nSPS) is 11.6. The van der Waals surface area contributed by atoms with Crippen LogP contribution in [0.2, 0.25) is 0 Å². The first-order valence-electron chi connectivity index (χ1n) is 8.00. The molecular weight excluding hydrogens is 323 g/mol. The molecule has 1 unspecified atom stereocenters. The molecule has 25 heavy (non-hydrogen) atoms. The SMILES string of the molecule is CCC(COC)NC(=O)c1cccc(NC(=O)c2ccc(F)cc2)c1. The summed E-state index contributed by atoms with van der Waals surface area (Å²) < 4.78 is 18.0. The smallest absolute Gasteiger partial charge is 0.255 e. The Balaban J connectivity index is 2.06. The second kappa shape index (κ2) is 8.94. The van der Waals surface area contributed by atoms with Crippen molar-refractivity contribution in [3.8, 4) is 0 Å². The zero-order valence-electron chi connectivity index (χ0n) is 14.2. The average Bonchev–Trinajstić information content (AvgIpc) is 2.62. The van der Waals surface area contributed by atoms with Crippen molar-refractivity contribution < 1.29 is 18.7 Å². The van der Waals surface area contributed by atoms with E-state index in [0.29, 0.717) is 23.4 Å². The van der Waals surface area contributed by atoms with Gasteiger partial charge in [0.15, 0.2) is 0 Å². The maximum absolute atomic E-state index is 12.9. The first-order chi connectivity index (χ1) is 12.0. The lowest BCUT2D eigenvalue weighted by atomic mass is 10.1. The molecule has 2 aromatic rings. The maximum Gasteiger partial charge on any atom is 0.255 e. The van der Waals surface area contributed by atoms with Crippen molar-refractivity contribution >= 4 is 17.5 Å². The first kappa shape index (κ1) is 18.6. The molecule has 2 N–H and O–H groups in total. The zero-order valence-corrected chi connectivity index (χ0v) is 14.2. The third-order valence-corrected chi connectivity index (χ3v) is 3.68. The van der Waals surface area contributed by atoms with Crippen LogP contribution in [0.25, 0.3) is 0 Å². The molecule has 0 saturated heterocycles. The number of carbonyl (C=O) groups is 2. The molecule has 0 spiro atoms. The Kier molecular flexibility index (Phi) is 6.65. The molecule has 0 aliphatic carbocycles. The molecule has 132 valence electrons. The third kappa shape index (κ3) is 5.39. The fraction of sp³-hybridized carbons (Fsp3) is 0.263. The summed E-state index contributed by atoms with van der Waals surface area (Å²) in [6.45, 7) is 2.40. The first-order valence-corrected chi connectivity index (χ1v) is 8.00. The van der Waals surface area contributed by atoms with Gasteiger partial charge in [0, 0.05) is 23.9 Å². The van der Waals surface area contributed by atoms with E-state index in [2.05, 4.69) is 10.6 Å². The average molecular weight is 344 g/mol. The monoisotopic (exact) mass is 344 g/mol. The molecule has 0 aliphatic rings. The highest BCUT2D eigenvalue weighted by atomic mass is 19.1. The van der Waals surface area contributed by atoms with Crippen LogP contribution in [0.5, 0.6) is 0 Å². The van der Waals surface area contributed by atoms with Crippen LogP contribution in [0.15, 0.2) is 48.5 Å². The Hall–Kier alpha value is -2.73. The maximum atomic E-state index is 12.9. The predicted molar refractivity (Wildman–Crippen MR) is 94.2 cm³/mol. The summed E-state index contributed by atoms with van der Waals surface area (Å²) in [4.78, 5) is 24.5. The number of ether oxygens (including phenoxy) is 1. The van der Waals surface area contributed by atoms with Gasteiger partial charge in [-0.05, 0) is 48.9 Å². The van der Waals surface area contributed by atoms with Gasteiger partial charge < -0.3 is 15.4 Å². The molecule has 1 atom stereocenters. The Morgan fingerprint density at radius 1 is 1.08 bits per heavy atom. The number of amides is 2. The number of rotatable bonds is 7. The molecule has 2 amide bonds. The summed E-state index contributed by atoms with van der Waals surface area (Å²) in [6, 6.07) is 11.8. The minimum atomic E-state index is -0.406. The molecule has 5 nitrogen and oxygen atoms in total. The molecule has 0 bridgehead atoms. The topological polar surface area (TPSA) is 67.4 Å². The summed E-state index contributed by atoms with van der Waals surface area (Å²) in [7, 11) is 1.58. The van der Waals surface area contributed by atoms with E-state index in [9.17, 15) is 14.0 Å². The summed E-state index contributed by atoms with van der Waals surface area (Å²) in [6.07, 6.45) is 0.751. The Morgan fingerprint density at radius 3 is 2.44 bits per heavy atom. The zero-order chi connectivity index (χ0) is 18.2. The van der Waals surface area contributed by atoms with E-state index in [0.717, 1.165) is 6.42 Å². The second-order valence-electron chi connectivity index (χ2n) is 5.58. The standard InChI is InChI=1S/C19H21FN2O3/c1-3-16(12-25-2)21-19(24)14-5-4-6-17(11-14)22-18(23)13-7-9-15(20)10-8-13/h4-11,16H,3,12H2,1-2H3,(H,21,24)(H,22,23). The van der Waals surface area contributed by atoms with Gasteiger partial charge in [0.05, 0.1) is 12.6 Å². The highest BCUT2D eigenvalue weighted by molar-refractivity contribution is 6.05. The molecule has 2 rings (SSSR count). The Bertz CT molecular complexity index is 732. The van der Waals surface area contributed by atoms with Gasteiger partial charge in [0.25, 0.3) is 11.8 Å². The van der Waals surface area contributed by atoms with Crippen LogP contribution in [-0.2, 0) is 4.74 Å². The molecule has 0 aromatic heterocycles. The van der Waals surface area contributed by atoms with Crippen LogP contribution in [-0.4, -0.2) is 31.6 Å². The van der Waals surface area contributed by atoms with Gasteiger partial charge in [0.2, 0.25) is 0 Å². The van der Waals surface area contributed by atoms with E-state index < -0.39 is 5.82 Å². The number of benzene rings is 2. The van der Waals surface area contributed by atoms with Crippen LogP contribution >= 0.6 is 0 Å². The van der Waals surface area contributed by atoms with E-state index in [1.165, 1.54) is 24.3 Å². The number of halogens is 1. The molecule has 0 aliphatic heterocycles. The number of carbonyl (C=O) groups excluding carboxylic acids is 2. The van der Waals surface area contributed by atoms with Crippen molar-refractivity contribution in [2.75, 3.05) is 19.0 Å². The largest absolute Gasteiger partial charge is 0.383 e. The molecule has 0 radical (unpaired) electrons. The number of methoxy groups -OCH3 is 1. The third-order valence-electron chi connectivity index (χ3n) is 3.68. The van der Waals surface area contributed by atoms with Crippen LogP contribution < -0.4 is 10.6 Å². The van der Waals surface area contributed by atoms with Crippen molar-refractivity contribution in [2.45, 2.75) is 19.4 Å². The van der Waals surface area contributed by atoms with Crippen molar-refractivity contribution in [2.24, 2.45) is 0 Å². The van der Waals surface area contributed by atoms with Crippen molar-refractivity contribution in [1.82, 2.24) is 5.32 Å². The van der Waals surface area contributed by atoms with Crippen LogP contribution in [0.1, 0.15) is 34.1 Å². The molecule has 2 aromatic carbocycles. The lowest BCUT2D eigenvalue weighted by Gasteiger charge is -2.16. The minimum absolute atomic E-state index is 0.0741. The molecule has 0 fully saturated rings. The van der Waals surface area contributed by atoms with Gasteiger partial charge in [-0.25, -0.2) is 4.39 Å². The lowest BCUT2D eigenvalue weighted by molar-refractivity contribution is 0.0894. The predicted octanol–water partition coefficient (Wildman–Crippen LogP) is 3.23. The second-order valence-corrected chi connectivity index (χ2v) is 5.58. The number of hydrogen-bond acceptors (Lipinski definition) is 3. The van der Waals surface area contributed by atoms with E-state index in [4.69, 9.17) is 4.74 Å². The van der Waals surface area contributed by atoms with Crippen LogP contribution in [0.3, 0.4) is 0 Å². The molecule has 0 heterocycles. The van der Waals surface area contributed by atoms with Gasteiger partial charge in [-0.2, -0.15) is 0 Å². The van der Waals surface area contributed by atoms with Gasteiger partial charge in [0.1, 0.15) is 5.82 Å². The van der Waals surface area contributed by atoms with Gasteiger partial charge in [-0.3, -0.25) is 9.59 Å². The molecule has 0 saturated carbocycles. The van der Waals surface area contributed by atoms with E-state index in [-0.39, 0.29) is 17.9 Å². The Labute approximate surface area is 146 Å². The van der Waals surface area contributed by atoms with Crippen molar-refractivity contribution in [3.63, 3.8) is 0 Å². The highest BCUT2D eigenvalue weighted by Gasteiger charge is 2.13. The van der Waals surface area contributed by atoms with Crippen LogP contribution in [0, 0.1) is 5.82 Å². The van der Waals surface area contributed by atoms with Gasteiger partial charge in [-0.15, -0.1) is 0 Å². The summed E-state index contributed by atoms with van der Waals surface area (Å²) >= 11 is 0. The van der Waals surface area contributed by atoms with Crippen molar-refractivity contribution in [1.29, 1.82) is 0 Å². The quantitative estimate of drug-likeness (QED) is 0.810. The lowest BCUT2D eigenvalue weighted by Crippen LogP contribution is -2.37. The van der Waals surface area contributed by atoms with E-state index >= 15 is 0 Å².